The molecule has 0 spiro atoms. The van der Waals surface area contributed by atoms with Crippen molar-refractivity contribution in [2.45, 2.75) is 18.9 Å². The Morgan fingerprint density at radius 3 is 2.64 bits per heavy atom. The number of halogens is 1. The molecule has 0 bridgehead atoms. The van der Waals surface area contributed by atoms with Crippen molar-refractivity contribution in [3.8, 4) is 11.4 Å². The van der Waals surface area contributed by atoms with Gasteiger partial charge in [-0.3, -0.25) is 0 Å². The highest BCUT2D eigenvalue weighted by Crippen LogP contribution is 2.36. The van der Waals surface area contributed by atoms with E-state index in [1.807, 2.05) is 18.2 Å². The van der Waals surface area contributed by atoms with Crippen LogP contribution >= 0.6 is 0 Å². The molecule has 25 heavy (non-hydrogen) atoms. The Kier molecular flexibility index (Phi) is 4.24. The Balaban J connectivity index is 1.81. The van der Waals surface area contributed by atoms with Crippen molar-refractivity contribution in [1.29, 1.82) is 0 Å². The lowest BCUT2D eigenvalue weighted by Gasteiger charge is -2.19. The van der Waals surface area contributed by atoms with Gasteiger partial charge in [0.05, 0.1) is 0 Å². The third-order valence-electron chi connectivity index (χ3n) is 4.79. The quantitative estimate of drug-likeness (QED) is 0.717. The van der Waals surface area contributed by atoms with Crippen LogP contribution in [-0.2, 0) is 6.54 Å². The predicted octanol–water partition coefficient (Wildman–Crippen LogP) is 3.65. The van der Waals surface area contributed by atoms with Crippen LogP contribution in [0.1, 0.15) is 29.0 Å². The third kappa shape index (κ3) is 3.15. The van der Waals surface area contributed by atoms with Crippen LogP contribution in [0.15, 0.2) is 55.1 Å². The molecule has 0 N–H and O–H groups in total. The molecule has 0 saturated carbocycles. The van der Waals surface area contributed by atoms with Gasteiger partial charge in [0.25, 0.3) is 0 Å². The summed E-state index contributed by atoms with van der Waals surface area (Å²) in [5.41, 5.74) is 4.12. The van der Waals surface area contributed by atoms with Crippen molar-refractivity contribution in [1.82, 2.24) is 19.9 Å². The average molecular weight is 334 g/mol. The molecule has 1 unspecified atom stereocenters. The molecule has 0 saturated heterocycles. The van der Waals surface area contributed by atoms with Crippen LogP contribution in [0.5, 0.6) is 0 Å². The van der Waals surface area contributed by atoms with E-state index in [-0.39, 0.29) is 11.7 Å². The van der Waals surface area contributed by atoms with Gasteiger partial charge in [-0.15, -0.1) is 0 Å². The zero-order valence-electron chi connectivity index (χ0n) is 14.1. The van der Waals surface area contributed by atoms with E-state index in [1.165, 1.54) is 23.8 Å². The second-order valence-electron chi connectivity index (χ2n) is 6.48. The van der Waals surface area contributed by atoms with E-state index < -0.39 is 0 Å². The molecule has 2 aromatic carbocycles. The van der Waals surface area contributed by atoms with E-state index in [2.05, 4.69) is 39.0 Å². The van der Waals surface area contributed by atoms with Gasteiger partial charge in [0, 0.05) is 18.0 Å². The molecule has 2 heterocycles. The first-order chi connectivity index (χ1) is 12.2. The van der Waals surface area contributed by atoms with Gasteiger partial charge in [-0.2, -0.15) is 0 Å². The first kappa shape index (κ1) is 15.8. The van der Waals surface area contributed by atoms with Crippen LogP contribution in [0.4, 0.5) is 4.39 Å². The molecule has 0 fully saturated rings. The molecule has 126 valence electrons. The first-order valence-corrected chi connectivity index (χ1v) is 8.40. The zero-order valence-corrected chi connectivity index (χ0v) is 14.1. The van der Waals surface area contributed by atoms with Gasteiger partial charge in [-0.1, -0.05) is 30.3 Å². The van der Waals surface area contributed by atoms with Crippen molar-refractivity contribution in [3.63, 3.8) is 0 Å². The number of hydrogen-bond acceptors (Lipinski definition) is 4. The molecule has 1 atom stereocenters. The second kappa shape index (κ2) is 6.69. The number of nitrogens with zero attached hydrogens (tertiary/aromatic N) is 4. The summed E-state index contributed by atoms with van der Waals surface area (Å²) < 4.78 is 14.4. The molecule has 0 aliphatic carbocycles. The maximum atomic E-state index is 14.4. The standard InChI is InChI=1S/C20H19FN4/c1-25-9-8-17(18-4-2-3-5-19(18)21)16-7-6-14(10-15(16)11-25)20-23-12-22-13-24-20/h2-7,10,12-13,17H,8-9,11H2,1H3. The van der Waals surface area contributed by atoms with Crippen molar-refractivity contribution >= 4 is 0 Å². The van der Waals surface area contributed by atoms with Crippen molar-refractivity contribution in [2.24, 2.45) is 0 Å². The Bertz CT molecular complexity index is 882. The molecule has 1 aromatic heterocycles. The van der Waals surface area contributed by atoms with Crippen molar-refractivity contribution in [2.75, 3.05) is 13.6 Å². The lowest BCUT2D eigenvalue weighted by molar-refractivity contribution is 0.328. The maximum absolute atomic E-state index is 14.4. The molecule has 1 aliphatic rings. The summed E-state index contributed by atoms with van der Waals surface area (Å²) in [7, 11) is 2.10. The largest absolute Gasteiger partial charge is 0.302 e. The molecule has 1 aliphatic heterocycles. The van der Waals surface area contributed by atoms with Crippen molar-refractivity contribution in [3.05, 3.63) is 77.6 Å². The Labute approximate surface area is 146 Å². The minimum absolute atomic E-state index is 0.0635. The smallest absolute Gasteiger partial charge is 0.162 e. The molecule has 4 nitrogen and oxygen atoms in total. The van der Waals surface area contributed by atoms with Gasteiger partial charge < -0.3 is 4.90 Å². The molecule has 4 rings (SSSR count). The van der Waals surface area contributed by atoms with E-state index in [1.54, 1.807) is 12.1 Å². The molecule has 0 radical (unpaired) electrons. The van der Waals surface area contributed by atoms with E-state index in [0.717, 1.165) is 30.6 Å². The summed E-state index contributed by atoms with van der Waals surface area (Å²) in [6.07, 6.45) is 3.90. The zero-order chi connectivity index (χ0) is 17.2. The van der Waals surface area contributed by atoms with Crippen LogP contribution in [0.2, 0.25) is 0 Å². The summed E-state index contributed by atoms with van der Waals surface area (Å²) in [5, 5.41) is 0. The lowest BCUT2D eigenvalue weighted by atomic mass is 9.85. The molecule has 5 heteroatoms. The summed E-state index contributed by atoms with van der Waals surface area (Å²) in [6, 6.07) is 13.3. The Hall–Kier alpha value is -2.66. The van der Waals surface area contributed by atoms with Gasteiger partial charge >= 0.3 is 0 Å². The Morgan fingerprint density at radius 2 is 1.84 bits per heavy atom. The highest BCUT2D eigenvalue weighted by Gasteiger charge is 2.24. The Morgan fingerprint density at radius 1 is 1.04 bits per heavy atom. The second-order valence-corrected chi connectivity index (χ2v) is 6.48. The monoisotopic (exact) mass is 334 g/mol. The molecular formula is C20H19FN4. The summed E-state index contributed by atoms with van der Waals surface area (Å²) in [6.45, 7) is 1.76. The number of aromatic nitrogens is 3. The molecular weight excluding hydrogens is 315 g/mol. The number of benzene rings is 2. The van der Waals surface area contributed by atoms with E-state index >= 15 is 0 Å². The van der Waals surface area contributed by atoms with Crippen LogP contribution in [0, 0.1) is 5.82 Å². The molecule has 0 amide bonds. The van der Waals surface area contributed by atoms with Crippen LogP contribution < -0.4 is 0 Å². The van der Waals surface area contributed by atoms with Gasteiger partial charge in [0.15, 0.2) is 5.82 Å². The van der Waals surface area contributed by atoms with E-state index in [4.69, 9.17) is 0 Å². The number of fused-ring (bicyclic) bond motifs is 1. The minimum Gasteiger partial charge on any atom is -0.302 e. The van der Waals surface area contributed by atoms with Gasteiger partial charge in [-0.25, -0.2) is 19.3 Å². The van der Waals surface area contributed by atoms with E-state index in [9.17, 15) is 4.39 Å². The number of rotatable bonds is 2. The topological polar surface area (TPSA) is 41.9 Å². The number of hydrogen-bond donors (Lipinski definition) is 0. The molecule has 3 aromatic rings. The SMILES string of the molecule is CN1CCC(c2ccccc2F)c2ccc(-c3ncncn3)cc2C1. The minimum atomic E-state index is -0.135. The van der Waals surface area contributed by atoms with Crippen LogP contribution in [-0.4, -0.2) is 33.4 Å². The lowest BCUT2D eigenvalue weighted by Crippen LogP contribution is -2.17. The first-order valence-electron chi connectivity index (χ1n) is 8.40. The van der Waals surface area contributed by atoms with E-state index in [0.29, 0.717) is 5.82 Å². The normalized spacial score (nSPS) is 17.8. The fourth-order valence-electron chi connectivity index (χ4n) is 3.57. The fraction of sp³-hybridized carbons (Fsp3) is 0.250. The predicted molar refractivity (Wildman–Crippen MR) is 94.5 cm³/mol. The van der Waals surface area contributed by atoms with Crippen LogP contribution in [0.25, 0.3) is 11.4 Å². The van der Waals surface area contributed by atoms with Gasteiger partial charge in [0.1, 0.15) is 18.5 Å². The summed E-state index contributed by atoms with van der Waals surface area (Å²) in [5.74, 6) is 0.588. The van der Waals surface area contributed by atoms with Crippen LogP contribution in [0.3, 0.4) is 0 Å². The maximum Gasteiger partial charge on any atom is 0.162 e. The average Bonchev–Trinajstić information content (AvgIpc) is 2.80. The van der Waals surface area contributed by atoms with Gasteiger partial charge in [-0.05, 0) is 48.8 Å². The highest BCUT2D eigenvalue weighted by molar-refractivity contribution is 5.58. The summed E-state index contributed by atoms with van der Waals surface area (Å²) in [4.78, 5) is 14.6. The third-order valence-corrected chi connectivity index (χ3v) is 4.79. The highest BCUT2D eigenvalue weighted by atomic mass is 19.1. The summed E-state index contributed by atoms with van der Waals surface area (Å²) >= 11 is 0. The van der Waals surface area contributed by atoms with Gasteiger partial charge in [0.2, 0.25) is 0 Å². The fourth-order valence-corrected chi connectivity index (χ4v) is 3.57. The van der Waals surface area contributed by atoms with Crippen molar-refractivity contribution < 1.29 is 4.39 Å².